The minimum absolute atomic E-state index is 0.398. The SMILES string of the molecule is Cc1ccccc1-c1nnc(CNc2cc(Cl)cc(Cl)c2)o1. The summed E-state index contributed by atoms with van der Waals surface area (Å²) in [7, 11) is 0. The molecule has 0 unspecified atom stereocenters. The number of anilines is 1. The lowest BCUT2D eigenvalue weighted by Crippen LogP contribution is -1.99. The highest BCUT2D eigenvalue weighted by atomic mass is 35.5. The van der Waals surface area contributed by atoms with Gasteiger partial charge in [-0.25, -0.2) is 0 Å². The molecule has 6 heteroatoms. The molecule has 3 aromatic rings. The first-order valence-corrected chi connectivity index (χ1v) is 7.46. The molecule has 0 saturated heterocycles. The highest BCUT2D eigenvalue weighted by Gasteiger charge is 2.10. The van der Waals surface area contributed by atoms with Gasteiger partial charge in [-0.2, -0.15) is 0 Å². The number of nitrogens with one attached hydrogen (secondary N) is 1. The number of benzene rings is 2. The summed E-state index contributed by atoms with van der Waals surface area (Å²) in [4.78, 5) is 0. The van der Waals surface area contributed by atoms with Crippen LogP contribution in [0.25, 0.3) is 11.5 Å². The Labute approximate surface area is 138 Å². The predicted molar refractivity (Wildman–Crippen MR) is 88.3 cm³/mol. The van der Waals surface area contributed by atoms with Gasteiger partial charge in [0.1, 0.15) is 0 Å². The molecular weight excluding hydrogens is 321 g/mol. The van der Waals surface area contributed by atoms with Crippen molar-refractivity contribution in [2.24, 2.45) is 0 Å². The van der Waals surface area contributed by atoms with Crippen molar-refractivity contribution < 1.29 is 4.42 Å². The van der Waals surface area contributed by atoms with Crippen molar-refractivity contribution in [2.75, 3.05) is 5.32 Å². The van der Waals surface area contributed by atoms with Crippen LogP contribution in [0.15, 0.2) is 46.9 Å². The third kappa shape index (κ3) is 3.40. The lowest BCUT2D eigenvalue weighted by molar-refractivity contribution is 0.514. The average molecular weight is 334 g/mol. The molecule has 0 aliphatic heterocycles. The van der Waals surface area contributed by atoms with E-state index in [1.165, 1.54) is 0 Å². The molecular formula is C16H13Cl2N3O. The normalized spacial score (nSPS) is 10.7. The summed E-state index contributed by atoms with van der Waals surface area (Å²) in [5.41, 5.74) is 2.83. The highest BCUT2D eigenvalue weighted by Crippen LogP contribution is 2.24. The van der Waals surface area contributed by atoms with Crippen LogP contribution in [0.1, 0.15) is 11.5 Å². The van der Waals surface area contributed by atoms with Crippen LogP contribution in [0.2, 0.25) is 10.0 Å². The van der Waals surface area contributed by atoms with Crippen LogP contribution in [0.5, 0.6) is 0 Å². The van der Waals surface area contributed by atoms with Gasteiger partial charge in [-0.3, -0.25) is 0 Å². The van der Waals surface area contributed by atoms with E-state index in [2.05, 4.69) is 15.5 Å². The van der Waals surface area contributed by atoms with Gasteiger partial charge in [0, 0.05) is 21.3 Å². The van der Waals surface area contributed by atoms with E-state index < -0.39 is 0 Å². The first-order valence-electron chi connectivity index (χ1n) is 6.70. The minimum Gasteiger partial charge on any atom is -0.419 e. The smallest absolute Gasteiger partial charge is 0.248 e. The van der Waals surface area contributed by atoms with Gasteiger partial charge in [-0.1, -0.05) is 41.4 Å². The lowest BCUT2D eigenvalue weighted by atomic mass is 10.1. The molecule has 0 radical (unpaired) electrons. The predicted octanol–water partition coefficient (Wildman–Crippen LogP) is 4.96. The third-order valence-corrected chi connectivity index (χ3v) is 3.59. The zero-order chi connectivity index (χ0) is 15.5. The first-order chi connectivity index (χ1) is 10.6. The Kier molecular flexibility index (Phi) is 4.32. The van der Waals surface area contributed by atoms with E-state index in [9.17, 15) is 0 Å². The summed E-state index contributed by atoms with van der Waals surface area (Å²) in [5.74, 6) is 1.01. The minimum atomic E-state index is 0.398. The molecule has 2 aromatic carbocycles. The molecule has 22 heavy (non-hydrogen) atoms. The first kappa shape index (κ1) is 14.9. The molecule has 4 nitrogen and oxygen atoms in total. The Morgan fingerprint density at radius 1 is 1.05 bits per heavy atom. The number of nitrogens with zero attached hydrogens (tertiary/aromatic N) is 2. The molecule has 1 aromatic heterocycles. The lowest BCUT2D eigenvalue weighted by Gasteiger charge is -2.04. The van der Waals surface area contributed by atoms with E-state index in [4.69, 9.17) is 27.6 Å². The van der Waals surface area contributed by atoms with Crippen molar-refractivity contribution in [3.8, 4) is 11.5 Å². The second-order valence-corrected chi connectivity index (χ2v) is 5.70. The maximum atomic E-state index is 5.96. The van der Waals surface area contributed by atoms with Gasteiger partial charge in [0.05, 0.1) is 6.54 Å². The fourth-order valence-corrected chi connectivity index (χ4v) is 2.61. The van der Waals surface area contributed by atoms with Gasteiger partial charge in [-0.15, -0.1) is 10.2 Å². The van der Waals surface area contributed by atoms with E-state index in [0.29, 0.717) is 28.4 Å². The summed E-state index contributed by atoms with van der Waals surface area (Å²) < 4.78 is 5.68. The van der Waals surface area contributed by atoms with Gasteiger partial charge in [0.25, 0.3) is 0 Å². The largest absolute Gasteiger partial charge is 0.419 e. The maximum absolute atomic E-state index is 5.96. The third-order valence-electron chi connectivity index (χ3n) is 3.15. The van der Waals surface area contributed by atoms with Crippen molar-refractivity contribution in [1.29, 1.82) is 0 Å². The maximum Gasteiger partial charge on any atom is 0.248 e. The topological polar surface area (TPSA) is 51.0 Å². The average Bonchev–Trinajstić information content (AvgIpc) is 2.93. The molecule has 1 N–H and O–H groups in total. The summed E-state index contributed by atoms with van der Waals surface area (Å²) in [6.07, 6.45) is 0. The summed E-state index contributed by atoms with van der Waals surface area (Å²) in [6, 6.07) is 13.1. The number of aryl methyl sites for hydroxylation is 1. The summed E-state index contributed by atoms with van der Waals surface area (Å²) in [6.45, 7) is 2.40. The van der Waals surface area contributed by atoms with Gasteiger partial charge in [0.2, 0.25) is 11.8 Å². The Bertz CT molecular complexity index is 781. The highest BCUT2D eigenvalue weighted by molar-refractivity contribution is 6.35. The van der Waals surface area contributed by atoms with Crippen molar-refractivity contribution in [2.45, 2.75) is 13.5 Å². The molecule has 0 aliphatic rings. The molecule has 1 heterocycles. The van der Waals surface area contributed by atoms with E-state index >= 15 is 0 Å². The molecule has 0 amide bonds. The van der Waals surface area contributed by atoms with Crippen LogP contribution in [-0.2, 0) is 6.54 Å². The van der Waals surface area contributed by atoms with Crippen LogP contribution in [-0.4, -0.2) is 10.2 Å². The zero-order valence-corrected chi connectivity index (χ0v) is 13.3. The standard InChI is InChI=1S/C16H13Cl2N3O/c1-10-4-2-3-5-14(10)16-21-20-15(22-16)9-19-13-7-11(17)6-12(18)8-13/h2-8,19H,9H2,1H3. The summed E-state index contributed by atoms with van der Waals surface area (Å²) >= 11 is 11.9. The van der Waals surface area contributed by atoms with E-state index in [-0.39, 0.29) is 0 Å². The van der Waals surface area contributed by atoms with Crippen LogP contribution < -0.4 is 5.32 Å². The number of aromatic nitrogens is 2. The van der Waals surface area contributed by atoms with E-state index in [1.54, 1.807) is 18.2 Å². The van der Waals surface area contributed by atoms with Gasteiger partial charge in [0.15, 0.2) is 0 Å². The number of hydrogen-bond acceptors (Lipinski definition) is 4. The van der Waals surface area contributed by atoms with Gasteiger partial charge in [-0.05, 0) is 36.8 Å². The molecule has 112 valence electrons. The van der Waals surface area contributed by atoms with Crippen LogP contribution in [0, 0.1) is 6.92 Å². The quantitative estimate of drug-likeness (QED) is 0.732. The Hall–Kier alpha value is -2.04. The number of halogens is 2. The molecule has 0 fully saturated rings. The molecule has 0 saturated carbocycles. The fraction of sp³-hybridized carbons (Fsp3) is 0.125. The van der Waals surface area contributed by atoms with Gasteiger partial charge < -0.3 is 9.73 Å². The van der Waals surface area contributed by atoms with Crippen molar-refractivity contribution >= 4 is 28.9 Å². The molecule has 3 rings (SSSR count). The van der Waals surface area contributed by atoms with E-state index in [0.717, 1.165) is 16.8 Å². The Morgan fingerprint density at radius 2 is 1.77 bits per heavy atom. The Balaban J connectivity index is 1.73. The molecule has 0 bridgehead atoms. The molecule has 0 spiro atoms. The second-order valence-electron chi connectivity index (χ2n) is 4.83. The Morgan fingerprint density at radius 3 is 2.50 bits per heavy atom. The van der Waals surface area contributed by atoms with Crippen LogP contribution in [0.3, 0.4) is 0 Å². The van der Waals surface area contributed by atoms with Crippen molar-refractivity contribution in [1.82, 2.24) is 10.2 Å². The van der Waals surface area contributed by atoms with Crippen LogP contribution >= 0.6 is 23.2 Å². The van der Waals surface area contributed by atoms with Crippen LogP contribution in [0.4, 0.5) is 5.69 Å². The van der Waals surface area contributed by atoms with Gasteiger partial charge >= 0.3 is 0 Å². The zero-order valence-electron chi connectivity index (χ0n) is 11.8. The van der Waals surface area contributed by atoms with E-state index in [1.807, 2.05) is 31.2 Å². The molecule has 0 atom stereocenters. The summed E-state index contributed by atoms with van der Waals surface area (Å²) in [5, 5.41) is 12.4. The fourth-order valence-electron chi connectivity index (χ4n) is 2.08. The second kappa shape index (κ2) is 6.38. The monoisotopic (exact) mass is 333 g/mol. The number of hydrogen-bond donors (Lipinski definition) is 1. The van der Waals surface area contributed by atoms with Crippen molar-refractivity contribution in [3.05, 3.63) is 64.0 Å². The molecule has 0 aliphatic carbocycles. The van der Waals surface area contributed by atoms with Crippen molar-refractivity contribution in [3.63, 3.8) is 0 Å². The number of rotatable bonds is 4.